The second-order valence-corrected chi connectivity index (χ2v) is 8.33. The highest BCUT2D eigenvalue weighted by Crippen LogP contribution is 2.23. The molecular weight excluding hydrogens is 370 g/mol. The van der Waals surface area contributed by atoms with Crippen molar-refractivity contribution in [2.24, 2.45) is 0 Å². The molecule has 1 aromatic carbocycles. The zero-order valence-electron chi connectivity index (χ0n) is 15.6. The molecule has 2 aromatic heterocycles. The number of hydrogen-bond acceptors (Lipinski definition) is 6. The van der Waals surface area contributed by atoms with Crippen LogP contribution in [0.5, 0.6) is 0 Å². The number of imidazole rings is 1. The van der Waals surface area contributed by atoms with Crippen LogP contribution < -0.4 is 0 Å². The van der Waals surface area contributed by atoms with Crippen LogP contribution in [-0.2, 0) is 27.9 Å². The van der Waals surface area contributed by atoms with Crippen LogP contribution in [0.3, 0.4) is 0 Å². The van der Waals surface area contributed by atoms with Crippen LogP contribution in [0.4, 0.5) is 0 Å². The van der Waals surface area contributed by atoms with Gasteiger partial charge < -0.3 is 13.7 Å². The van der Waals surface area contributed by atoms with E-state index in [1.165, 1.54) is 26.4 Å². The first-order valence-corrected chi connectivity index (χ1v) is 9.82. The first kappa shape index (κ1) is 19.1. The summed E-state index contributed by atoms with van der Waals surface area (Å²) in [5.74, 6) is 0.538. The number of benzene rings is 1. The van der Waals surface area contributed by atoms with E-state index >= 15 is 0 Å². The Hall–Kier alpha value is -2.65. The molecule has 3 rings (SSSR count). The lowest BCUT2D eigenvalue weighted by Crippen LogP contribution is -2.22. The van der Waals surface area contributed by atoms with Gasteiger partial charge in [0, 0.05) is 20.6 Å². The second-order valence-electron chi connectivity index (χ2n) is 6.18. The van der Waals surface area contributed by atoms with E-state index in [1.54, 1.807) is 25.1 Å². The predicted octanol–water partition coefficient (Wildman–Crippen LogP) is 2.56. The van der Waals surface area contributed by atoms with E-state index in [0.29, 0.717) is 29.2 Å². The molecule has 3 aromatic rings. The van der Waals surface area contributed by atoms with Gasteiger partial charge in [0.05, 0.1) is 22.2 Å². The van der Waals surface area contributed by atoms with E-state index in [1.807, 2.05) is 11.5 Å². The van der Waals surface area contributed by atoms with Crippen molar-refractivity contribution in [3.8, 4) is 0 Å². The van der Waals surface area contributed by atoms with Crippen molar-refractivity contribution in [3.05, 3.63) is 47.7 Å². The maximum Gasteiger partial charge on any atom is 0.342 e. The number of sulfonamides is 1. The molecule has 9 heteroatoms. The van der Waals surface area contributed by atoms with Gasteiger partial charge in [-0.2, -0.15) is 0 Å². The fourth-order valence-electron chi connectivity index (χ4n) is 2.80. The third-order valence-electron chi connectivity index (χ3n) is 4.30. The summed E-state index contributed by atoms with van der Waals surface area (Å²) >= 11 is 0. The maximum absolute atomic E-state index is 12.3. The molecule has 0 aliphatic heterocycles. The molecule has 0 amide bonds. The molecule has 2 heterocycles. The van der Waals surface area contributed by atoms with Crippen LogP contribution >= 0.6 is 0 Å². The Morgan fingerprint density at radius 3 is 2.63 bits per heavy atom. The topological polar surface area (TPSA) is 94.6 Å². The normalized spacial score (nSPS) is 12.0. The van der Waals surface area contributed by atoms with Gasteiger partial charge in [-0.15, -0.1) is 0 Å². The number of rotatable bonds is 6. The molecule has 0 atom stereocenters. The zero-order chi connectivity index (χ0) is 19.8. The standard InChI is InChI=1S/C18H21N3O5S/c1-5-21-16-7-6-13(27(23,24)20(3)4)10-15(16)19-17(21)11-26-18(22)14-8-9-25-12(14)2/h6-10H,5,11H2,1-4H3. The van der Waals surface area contributed by atoms with Gasteiger partial charge in [-0.3, -0.25) is 0 Å². The van der Waals surface area contributed by atoms with E-state index in [-0.39, 0.29) is 11.5 Å². The Balaban J connectivity index is 1.92. The average molecular weight is 391 g/mol. The van der Waals surface area contributed by atoms with Gasteiger partial charge in [0.15, 0.2) is 0 Å². The number of aryl methyl sites for hydroxylation is 2. The summed E-state index contributed by atoms with van der Waals surface area (Å²) in [4.78, 5) is 16.8. The summed E-state index contributed by atoms with van der Waals surface area (Å²) in [7, 11) is -0.592. The molecule has 0 saturated heterocycles. The Morgan fingerprint density at radius 2 is 2.04 bits per heavy atom. The van der Waals surface area contributed by atoms with E-state index < -0.39 is 16.0 Å². The number of ether oxygens (including phenoxy) is 1. The largest absolute Gasteiger partial charge is 0.469 e. The van der Waals surface area contributed by atoms with Crippen molar-refractivity contribution >= 4 is 27.0 Å². The number of carbonyl (C=O) groups is 1. The summed E-state index contributed by atoms with van der Waals surface area (Å²) in [5, 5.41) is 0. The summed E-state index contributed by atoms with van der Waals surface area (Å²) in [6.07, 6.45) is 1.43. The number of fused-ring (bicyclic) bond motifs is 1. The summed E-state index contributed by atoms with van der Waals surface area (Å²) in [5.41, 5.74) is 1.68. The first-order valence-electron chi connectivity index (χ1n) is 8.38. The molecule has 0 spiro atoms. The van der Waals surface area contributed by atoms with Crippen molar-refractivity contribution in [1.82, 2.24) is 13.9 Å². The quantitative estimate of drug-likeness (QED) is 0.600. The van der Waals surface area contributed by atoms with Gasteiger partial charge in [-0.05, 0) is 38.1 Å². The minimum atomic E-state index is -3.55. The highest BCUT2D eigenvalue weighted by Gasteiger charge is 2.20. The molecule has 0 aliphatic rings. The Bertz CT molecular complexity index is 1100. The number of hydrogen-bond donors (Lipinski definition) is 0. The zero-order valence-corrected chi connectivity index (χ0v) is 16.4. The fraction of sp³-hybridized carbons (Fsp3) is 0.333. The molecule has 0 bridgehead atoms. The van der Waals surface area contributed by atoms with Crippen molar-refractivity contribution in [3.63, 3.8) is 0 Å². The molecular formula is C18H21N3O5S. The lowest BCUT2D eigenvalue weighted by molar-refractivity contribution is 0.0456. The molecule has 0 aliphatic carbocycles. The second kappa shape index (κ2) is 7.16. The summed E-state index contributed by atoms with van der Waals surface area (Å²) in [6.45, 7) is 4.21. The smallest absolute Gasteiger partial charge is 0.342 e. The van der Waals surface area contributed by atoms with Crippen molar-refractivity contribution in [2.75, 3.05) is 14.1 Å². The van der Waals surface area contributed by atoms with Crippen LogP contribution in [0, 0.1) is 6.92 Å². The maximum atomic E-state index is 12.3. The number of nitrogens with zero attached hydrogens (tertiary/aromatic N) is 3. The van der Waals surface area contributed by atoms with Gasteiger partial charge in [0.25, 0.3) is 0 Å². The van der Waals surface area contributed by atoms with Crippen LogP contribution in [0.1, 0.15) is 28.9 Å². The van der Waals surface area contributed by atoms with Gasteiger partial charge in [-0.1, -0.05) is 0 Å². The number of carbonyl (C=O) groups excluding carboxylic acids is 1. The third kappa shape index (κ3) is 3.47. The first-order chi connectivity index (χ1) is 12.8. The van der Waals surface area contributed by atoms with Crippen LogP contribution in [0.25, 0.3) is 11.0 Å². The average Bonchev–Trinajstić information content (AvgIpc) is 3.21. The Morgan fingerprint density at radius 1 is 1.30 bits per heavy atom. The van der Waals surface area contributed by atoms with Gasteiger partial charge in [0.2, 0.25) is 10.0 Å². The van der Waals surface area contributed by atoms with Crippen LogP contribution in [-0.4, -0.2) is 42.3 Å². The summed E-state index contributed by atoms with van der Waals surface area (Å²) in [6, 6.07) is 6.35. The summed E-state index contributed by atoms with van der Waals surface area (Å²) < 4.78 is 38.2. The van der Waals surface area contributed by atoms with Gasteiger partial charge in [0.1, 0.15) is 23.8 Å². The molecule has 0 fully saturated rings. The van der Waals surface area contributed by atoms with Gasteiger partial charge >= 0.3 is 5.97 Å². The molecule has 0 radical (unpaired) electrons. The number of aromatic nitrogens is 2. The fourth-order valence-corrected chi connectivity index (χ4v) is 3.72. The SMILES string of the molecule is CCn1c(COC(=O)c2ccoc2C)nc2cc(S(=O)(=O)N(C)C)ccc21. The van der Waals surface area contributed by atoms with E-state index in [0.717, 1.165) is 9.82 Å². The third-order valence-corrected chi connectivity index (χ3v) is 6.12. The van der Waals surface area contributed by atoms with E-state index in [9.17, 15) is 13.2 Å². The monoisotopic (exact) mass is 391 g/mol. The number of furan rings is 1. The van der Waals surface area contributed by atoms with Crippen molar-refractivity contribution in [1.29, 1.82) is 0 Å². The van der Waals surface area contributed by atoms with E-state index in [4.69, 9.17) is 9.15 Å². The molecule has 8 nitrogen and oxygen atoms in total. The molecule has 0 unspecified atom stereocenters. The highest BCUT2D eigenvalue weighted by molar-refractivity contribution is 7.89. The Labute approximate surface area is 157 Å². The number of esters is 1. The van der Waals surface area contributed by atoms with Crippen molar-refractivity contribution in [2.45, 2.75) is 31.9 Å². The minimum absolute atomic E-state index is 0.0261. The molecule has 0 saturated carbocycles. The lowest BCUT2D eigenvalue weighted by Gasteiger charge is -2.11. The lowest BCUT2D eigenvalue weighted by atomic mass is 10.3. The molecule has 144 valence electrons. The van der Waals surface area contributed by atoms with Crippen LogP contribution in [0.2, 0.25) is 0 Å². The van der Waals surface area contributed by atoms with Crippen molar-refractivity contribution < 1.29 is 22.4 Å². The molecule has 0 N–H and O–H groups in total. The van der Waals surface area contributed by atoms with Crippen LogP contribution in [0.15, 0.2) is 39.8 Å². The Kier molecular flexibility index (Phi) is 5.07. The highest BCUT2D eigenvalue weighted by atomic mass is 32.2. The van der Waals surface area contributed by atoms with E-state index in [2.05, 4.69) is 4.98 Å². The predicted molar refractivity (Wildman–Crippen MR) is 98.8 cm³/mol. The molecule has 27 heavy (non-hydrogen) atoms. The van der Waals surface area contributed by atoms with Gasteiger partial charge in [-0.25, -0.2) is 22.5 Å². The minimum Gasteiger partial charge on any atom is -0.469 e.